The molecule has 3 amide bonds. The zero-order chi connectivity index (χ0) is 15.8. The summed E-state index contributed by atoms with van der Waals surface area (Å²) in [4.78, 5) is 27.8. The summed E-state index contributed by atoms with van der Waals surface area (Å²) in [6.07, 6.45) is -3.84. The highest BCUT2D eigenvalue weighted by Gasteiger charge is 2.46. The van der Waals surface area contributed by atoms with Crippen molar-refractivity contribution in [3.63, 3.8) is 0 Å². The Bertz CT molecular complexity index is 576. The van der Waals surface area contributed by atoms with Crippen LogP contribution in [0.1, 0.15) is 24.9 Å². The van der Waals surface area contributed by atoms with Gasteiger partial charge in [-0.3, -0.25) is 14.7 Å². The Morgan fingerprint density at radius 1 is 1.38 bits per heavy atom. The fourth-order valence-corrected chi connectivity index (χ4v) is 2.09. The highest BCUT2D eigenvalue weighted by Crippen LogP contribution is 2.29. The Kier molecular flexibility index (Phi) is 3.84. The molecule has 5 nitrogen and oxygen atoms in total. The summed E-state index contributed by atoms with van der Waals surface area (Å²) < 4.78 is 50.1. The molecule has 21 heavy (non-hydrogen) atoms. The SMILES string of the molecule is C[C@@H](c1cncc(F)c1)N1C(=O)NC(CC(F)(F)F)C1=O. The number of halogens is 4. The summed E-state index contributed by atoms with van der Waals surface area (Å²) >= 11 is 0. The van der Waals surface area contributed by atoms with E-state index in [2.05, 4.69) is 4.98 Å². The zero-order valence-electron chi connectivity index (χ0n) is 10.8. The topological polar surface area (TPSA) is 62.3 Å². The summed E-state index contributed by atoms with van der Waals surface area (Å²) in [5, 5.41) is 1.98. The van der Waals surface area contributed by atoms with Gasteiger partial charge in [0.2, 0.25) is 0 Å². The molecule has 1 unspecified atom stereocenters. The van der Waals surface area contributed by atoms with E-state index < -0.39 is 42.4 Å². The molecule has 1 aromatic heterocycles. The molecular formula is C12H11F4N3O2. The molecule has 2 heterocycles. The number of nitrogens with zero attached hydrogens (tertiary/aromatic N) is 2. The maximum absolute atomic E-state index is 13.1. The zero-order valence-corrected chi connectivity index (χ0v) is 10.8. The van der Waals surface area contributed by atoms with Crippen molar-refractivity contribution in [2.45, 2.75) is 31.6 Å². The van der Waals surface area contributed by atoms with Gasteiger partial charge in [0.15, 0.2) is 0 Å². The van der Waals surface area contributed by atoms with Gasteiger partial charge >= 0.3 is 12.2 Å². The lowest BCUT2D eigenvalue weighted by Gasteiger charge is -2.21. The highest BCUT2D eigenvalue weighted by molar-refractivity contribution is 6.04. The molecule has 114 valence electrons. The van der Waals surface area contributed by atoms with E-state index in [0.717, 1.165) is 12.3 Å². The molecule has 0 saturated carbocycles. The number of nitrogens with one attached hydrogen (secondary N) is 1. The van der Waals surface area contributed by atoms with Crippen molar-refractivity contribution in [2.75, 3.05) is 0 Å². The van der Waals surface area contributed by atoms with Crippen LogP contribution in [0.2, 0.25) is 0 Å². The summed E-state index contributed by atoms with van der Waals surface area (Å²) in [5.41, 5.74) is 0.214. The van der Waals surface area contributed by atoms with Crippen molar-refractivity contribution in [3.8, 4) is 0 Å². The number of imide groups is 1. The van der Waals surface area contributed by atoms with E-state index in [-0.39, 0.29) is 5.56 Å². The predicted molar refractivity (Wildman–Crippen MR) is 62.4 cm³/mol. The van der Waals surface area contributed by atoms with Crippen molar-refractivity contribution in [1.82, 2.24) is 15.2 Å². The molecular weight excluding hydrogens is 294 g/mol. The first-order valence-electron chi connectivity index (χ1n) is 6.00. The van der Waals surface area contributed by atoms with Crippen molar-refractivity contribution in [3.05, 3.63) is 29.8 Å². The molecule has 0 aliphatic carbocycles. The van der Waals surface area contributed by atoms with Gasteiger partial charge in [0.1, 0.15) is 11.9 Å². The summed E-state index contributed by atoms with van der Waals surface area (Å²) in [6, 6.07) is -2.44. The number of alkyl halides is 3. The van der Waals surface area contributed by atoms with Crippen molar-refractivity contribution < 1.29 is 27.2 Å². The number of hydrogen-bond donors (Lipinski definition) is 1. The van der Waals surface area contributed by atoms with Crippen LogP contribution >= 0.6 is 0 Å². The summed E-state index contributed by atoms with van der Waals surface area (Å²) in [7, 11) is 0. The quantitative estimate of drug-likeness (QED) is 0.687. The van der Waals surface area contributed by atoms with E-state index in [1.165, 1.54) is 13.1 Å². The molecule has 2 rings (SSSR count). The molecule has 0 spiro atoms. The second-order valence-electron chi connectivity index (χ2n) is 4.64. The van der Waals surface area contributed by atoms with Gasteiger partial charge in [-0.1, -0.05) is 0 Å². The minimum Gasteiger partial charge on any atom is -0.325 e. The number of amides is 3. The third-order valence-electron chi connectivity index (χ3n) is 3.08. The molecule has 0 radical (unpaired) electrons. The van der Waals surface area contributed by atoms with Crippen molar-refractivity contribution >= 4 is 11.9 Å². The molecule has 9 heteroatoms. The number of urea groups is 1. The van der Waals surface area contributed by atoms with Gasteiger partial charge in [0.05, 0.1) is 18.7 Å². The van der Waals surface area contributed by atoms with Crippen LogP contribution in [0.15, 0.2) is 18.5 Å². The maximum atomic E-state index is 13.1. The number of aromatic nitrogens is 1. The van der Waals surface area contributed by atoms with Gasteiger partial charge < -0.3 is 5.32 Å². The molecule has 1 saturated heterocycles. The van der Waals surface area contributed by atoms with E-state index in [1.54, 1.807) is 0 Å². The van der Waals surface area contributed by atoms with E-state index in [4.69, 9.17) is 0 Å². The van der Waals surface area contributed by atoms with E-state index in [9.17, 15) is 27.2 Å². The Labute approximate surface area is 116 Å². The van der Waals surface area contributed by atoms with Crippen molar-refractivity contribution in [1.29, 1.82) is 0 Å². The van der Waals surface area contributed by atoms with Gasteiger partial charge in [-0.25, -0.2) is 9.18 Å². The number of carbonyl (C=O) groups excluding carboxylic acids is 2. The van der Waals surface area contributed by atoms with E-state index in [0.29, 0.717) is 4.90 Å². The Morgan fingerprint density at radius 2 is 2.05 bits per heavy atom. The minimum absolute atomic E-state index is 0.214. The molecule has 0 aromatic carbocycles. The first-order chi connectivity index (χ1) is 9.69. The highest BCUT2D eigenvalue weighted by atomic mass is 19.4. The number of hydrogen-bond acceptors (Lipinski definition) is 3. The van der Waals surface area contributed by atoms with Gasteiger partial charge in [-0.05, 0) is 18.6 Å². The van der Waals surface area contributed by atoms with Crippen LogP contribution in [-0.2, 0) is 4.79 Å². The van der Waals surface area contributed by atoms with E-state index >= 15 is 0 Å². The molecule has 1 aliphatic heterocycles. The van der Waals surface area contributed by atoms with Gasteiger partial charge in [-0.15, -0.1) is 0 Å². The van der Waals surface area contributed by atoms with Gasteiger partial charge in [0.25, 0.3) is 5.91 Å². The van der Waals surface area contributed by atoms with Crippen LogP contribution in [0.25, 0.3) is 0 Å². The third-order valence-corrected chi connectivity index (χ3v) is 3.08. The standard InChI is InChI=1S/C12H11F4N3O2/c1-6(7-2-8(13)5-17-4-7)19-10(20)9(18-11(19)21)3-12(14,15)16/h2,4-6,9H,3H2,1H3,(H,18,21)/t6-,9?/m0/s1. The monoisotopic (exact) mass is 305 g/mol. The van der Waals surface area contributed by atoms with Crippen LogP contribution in [0.4, 0.5) is 22.4 Å². The second-order valence-corrected chi connectivity index (χ2v) is 4.64. The maximum Gasteiger partial charge on any atom is 0.391 e. The first kappa shape index (κ1) is 15.2. The minimum atomic E-state index is -4.58. The summed E-state index contributed by atoms with van der Waals surface area (Å²) in [5.74, 6) is -1.66. The molecule has 1 aliphatic rings. The van der Waals surface area contributed by atoms with Crippen LogP contribution in [0, 0.1) is 5.82 Å². The fraction of sp³-hybridized carbons (Fsp3) is 0.417. The largest absolute Gasteiger partial charge is 0.391 e. The number of rotatable bonds is 3. The molecule has 2 atom stereocenters. The lowest BCUT2D eigenvalue weighted by molar-refractivity contribution is -0.149. The van der Waals surface area contributed by atoms with Crippen LogP contribution < -0.4 is 5.32 Å². The van der Waals surface area contributed by atoms with Crippen molar-refractivity contribution in [2.24, 2.45) is 0 Å². The lowest BCUT2D eigenvalue weighted by Crippen LogP contribution is -2.35. The Hall–Kier alpha value is -2.19. The average molecular weight is 305 g/mol. The van der Waals surface area contributed by atoms with Gasteiger partial charge in [0, 0.05) is 6.20 Å². The average Bonchev–Trinajstić information content (AvgIpc) is 2.61. The van der Waals surface area contributed by atoms with Crippen LogP contribution in [0.5, 0.6) is 0 Å². The van der Waals surface area contributed by atoms with Crippen LogP contribution in [-0.4, -0.2) is 34.0 Å². The smallest absolute Gasteiger partial charge is 0.325 e. The second kappa shape index (κ2) is 5.30. The summed E-state index contributed by atoms with van der Waals surface area (Å²) in [6.45, 7) is 1.41. The lowest BCUT2D eigenvalue weighted by atomic mass is 10.1. The fourth-order valence-electron chi connectivity index (χ4n) is 2.09. The first-order valence-corrected chi connectivity index (χ1v) is 6.00. The number of pyridine rings is 1. The normalized spacial score (nSPS) is 20.6. The predicted octanol–water partition coefficient (Wildman–Crippen LogP) is 2.15. The Morgan fingerprint density at radius 3 is 2.62 bits per heavy atom. The van der Waals surface area contributed by atoms with Gasteiger partial charge in [-0.2, -0.15) is 13.2 Å². The van der Waals surface area contributed by atoms with E-state index in [1.807, 2.05) is 5.32 Å². The molecule has 1 aromatic rings. The molecule has 1 N–H and O–H groups in total. The number of carbonyl (C=O) groups is 2. The van der Waals surface area contributed by atoms with Crippen LogP contribution in [0.3, 0.4) is 0 Å². The molecule has 0 bridgehead atoms. The Balaban J connectivity index is 2.20. The molecule has 1 fully saturated rings. The third kappa shape index (κ3) is 3.29.